The van der Waals surface area contributed by atoms with Gasteiger partial charge in [-0.2, -0.15) is 0 Å². The molecule has 0 spiro atoms. The zero-order chi connectivity index (χ0) is 24.1. The fourth-order valence-corrected chi connectivity index (χ4v) is 3.75. The molecule has 34 heavy (non-hydrogen) atoms. The third kappa shape index (κ3) is 5.12. The van der Waals surface area contributed by atoms with Crippen LogP contribution in [0.25, 0.3) is 27.7 Å². The third-order valence-corrected chi connectivity index (χ3v) is 5.53. The molecule has 1 aromatic heterocycles. The zero-order valence-electron chi connectivity index (χ0n) is 19.4. The summed E-state index contributed by atoms with van der Waals surface area (Å²) < 4.78 is 30.0. The van der Waals surface area contributed by atoms with Crippen LogP contribution in [0.1, 0.15) is 25.0 Å². The van der Waals surface area contributed by atoms with Gasteiger partial charge in [-0.15, -0.1) is 0 Å². The van der Waals surface area contributed by atoms with Gasteiger partial charge in [0.1, 0.15) is 22.9 Å². The van der Waals surface area contributed by atoms with E-state index < -0.39 is 0 Å². The molecule has 0 aliphatic rings. The molecule has 1 N–H and O–H groups in total. The first-order chi connectivity index (χ1) is 16.5. The molecular formula is C28H26FNO4. The van der Waals surface area contributed by atoms with E-state index in [0.717, 1.165) is 39.0 Å². The maximum Gasteiger partial charge on any atom is 0.244 e. The molecule has 0 atom stereocenters. The maximum absolute atomic E-state index is 13.1. The summed E-state index contributed by atoms with van der Waals surface area (Å²) in [5.74, 6) is 0.872. The molecule has 0 bridgehead atoms. The van der Waals surface area contributed by atoms with Crippen LogP contribution in [0, 0.1) is 5.82 Å². The number of ether oxygens (including phenoxy) is 2. The van der Waals surface area contributed by atoms with Crippen LogP contribution < -0.4 is 14.8 Å². The van der Waals surface area contributed by atoms with Gasteiger partial charge in [0.05, 0.1) is 20.0 Å². The first kappa shape index (κ1) is 23.1. The lowest BCUT2D eigenvalue weighted by molar-refractivity contribution is -0.116. The monoisotopic (exact) mass is 459 g/mol. The van der Waals surface area contributed by atoms with Crippen LogP contribution in [-0.4, -0.2) is 19.6 Å². The van der Waals surface area contributed by atoms with Crippen molar-refractivity contribution >= 4 is 22.4 Å². The molecule has 0 aliphatic carbocycles. The lowest BCUT2D eigenvalue weighted by Crippen LogP contribution is -2.20. The number of fused-ring (bicyclic) bond motifs is 1. The Morgan fingerprint density at radius 3 is 2.50 bits per heavy atom. The highest BCUT2D eigenvalue weighted by Crippen LogP contribution is 2.37. The van der Waals surface area contributed by atoms with Crippen molar-refractivity contribution in [2.45, 2.75) is 20.4 Å². The fraction of sp³-hybridized carbons (Fsp3) is 0.179. The van der Waals surface area contributed by atoms with Gasteiger partial charge < -0.3 is 19.2 Å². The lowest BCUT2D eigenvalue weighted by Gasteiger charge is -2.12. The van der Waals surface area contributed by atoms with Crippen LogP contribution in [0.2, 0.25) is 0 Å². The highest BCUT2D eigenvalue weighted by molar-refractivity contribution is 6.00. The molecule has 0 fully saturated rings. The van der Waals surface area contributed by atoms with Gasteiger partial charge in [0, 0.05) is 35.2 Å². The molecule has 4 aromatic rings. The van der Waals surface area contributed by atoms with Gasteiger partial charge in [-0.3, -0.25) is 4.79 Å². The first-order valence-corrected chi connectivity index (χ1v) is 11.0. The van der Waals surface area contributed by atoms with Gasteiger partial charge in [0.15, 0.2) is 0 Å². The minimum absolute atomic E-state index is 0.244. The molecule has 5 nitrogen and oxygen atoms in total. The summed E-state index contributed by atoms with van der Waals surface area (Å²) in [6.07, 6.45) is 3.26. The van der Waals surface area contributed by atoms with Gasteiger partial charge >= 0.3 is 0 Å². The quantitative estimate of drug-likeness (QED) is 0.311. The fourth-order valence-electron chi connectivity index (χ4n) is 3.75. The number of hydrogen-bond acceptors (Lipinski definition) is 4. The number of rotatable bonds is 8. The molecule has 1 amide bonds. The largest absolute Gasteiger partial charge is 0.497 e. The normalized spacial score (nSPS) is 11.5. The first-order valence-electron chi connectivity index (χ1n) is 11.0. The van der Waals surface area contributed by atoms with Gasteiger partial charge in [-0.25, -0.2) is 4.39 Å². The molecule has 0 unspecified atom stereocenters. The molecule has 0 saturated heterocycles. The molecule has 1 heterocycles. The van der Waals surface area contributed by atoms with Crippen molar-refractivity contribution < 1.29 is 23.1 Å². The van der Waals surface area contributed by atoms with Crippen molar-refractivity contribution in [1.82, 2.24) is 5.32 Å². The van der Waals surface area contributed by atoms with E-state index >= 15 is 0 Å². The van der Waals surface area contributed by atoms with E-state index in [0.29, 0.717) is 24.5 Å². The highest BCUT2D eigenvalue weighted by atomic mass is 19.1. The van der Waals surface area contributed by atoms with Gasteiger partial charge in [-0.1, -0.05) is 24.3 Å². The Balaban J connectivity index is 1.63. The second kappa shape index (κ2) is 10.3. The Hall–Kier alpha value is -4.06. The molecule has 0 aliphatic heterocycles. The zero-order valence-corrected chi connectivity index (χ0v) is 19.4. The number of nitrogens with one attached hydrogen (secondary N) is 1. The second-order valence-electron chi connectivity index (χ2n) is 7.83. The van der Waals surface area contributed by atoms with Crippen molar-refractivity contribution in [3.8, 4) is 22.6 Å². The number of carbonyl (C=O) groups is 1. The predicted molar refractivity (Wildman–Crippen MR) is 131 cm³/mol. The van der Waals surface area contributed by atoms with Gasteiger partial charge in [0.25, 0.3) is 0 Å². The van der Waals surface area contributed by atoms with Crippen LogP contribution in [-0.2, 0) is 11.3 Å². The minimum atomic E-state index is -0.307. The number of methoxy groups -OCH3 is 1. The van der Waals surface area contributed by atoms with E-state index in [2.05, 4.69) is 5.32 Å². The van der Waals surface area contributed by atoms with E-state index in [-0.39, 0.29) is 11.7 Å². The lowest BCUT2D eigenvalue weighted by atomic mass is 9.99. The van der Waals surface area contributed by atoms with E-state index in [1.165, 1.54) is 12.1 Å². The Morgan fingerprint density at radius 1 is 1.09 bits per heavy atom. The Kier molecular flexibility index (Phi) is 6.97. The number of allylic oxidation sites excluding steroid dienone is 1. The summed E-state index contributed by atoms with van der Waals surface area (Å²) in [7, 11) is 1.63. The molecular weight excluding hydrogens is 433 g/mol. The summed E-state index contributed by atoms with van der Waals surface area (Å²) in [4.78, 5) is 12.6. The van der Waals surface area contributed by atoms with Crippen molar-refractivity contribution in [2.24, 2.45) is 0 Å². The van der Waals surface area contributed by atoms with Crippen LogP contribution in [0.3, 0.4) is 0 Å². The molecule has 6 heteroatoms. The van der Waals surface area contributed by atoms with Crippen molar-refractivity contribution in [3.63, 3.8) is 0 Å². The molecule has 0 radical (unpaired) electrons. The number of halogens is 1. The molecule has 4 rings (SSSR count). The smallest absolute Gasteiger partial charge is 0.244 e. The Bertz CT molecular complexity index is 1320. The number of furan rings is 1. The van der Waals surface area contributed by atoms with E-state index in [1.54, 1.807) is 31.6 Å². The molecule has 3 aromatic carbocycles. The van der Waals surface area contributed by atoms with E-state index in [1.807, 2.05) is 50.2 Å². The predicted octanol–water partition coefficient (Wildman–Crippen LogP) is 6.37. The number of carbonyl (C=O) groups excluding carboxylic acids is 1. The van der Waals surface area contributed by atoms with Crippen molar-refractivity contribution in [2.75, 3.05) is 13.7 Å². The summed E-state index contributed by atoms with van der Waals surface area (Å²) in [6.45, 7) is 4.57. The van der Waals surface area contributed by atoms with Crippen molar-refractivity contribution in [3.05, 3.63) is 89.9 Å². The average Bonchev–Trinajstić information content (AvgIpc) is 3.26. The number of hydrogen-bond donors (Lipinski definition) is 1. The highest BCUT2D eigenvalue weighted by Gasteiger charge is 2.15. The van der Waals surface area contributed by atoms with Gasteiger partial charge in [-0.05, 0) is 60.9 Å². The Morgan fingerprint density at radius 2 is 1.82 bits per heavy atom. The second-order valence-corrected chi connectivity index (χ2v) is 7.83. The number of benzene rings is 3. The Labute approximate surface area is 197 Å². The van der Waals surface area contributed by atoms with E-state index in [4.69, 9.17) is 13.9 Å². The van der Waals surface area contributed by atoms with Crippen LogP contribution in [0.4, 0.5) is 4.39 Å². The summed E-state index contributed by atoms with van der Waals surface area (Å²) in [5.41, 5.74) is 5.02. The van der Waals surface area contributed by atoms with Crippen molar-refractivity contribution in [1.29, 1.82) is 0 Å². The van der Waals surface area contributed by atoms with Crippen LogP contribution in [0.5, 0.6) is 11.5 Å². The van der Waals surface area contributed by atoms with Crippen LogP contribution in [0.15, 0.2) is 77.4 Å². The van der Waals surface area contributed by atoms with Gasteiger partial charge in [0.2, 0.25) is 5.91 Å². The average molecular weight is 460 g/mol. The summed E-state index contributed by atoms with van der Waals surface area (Å²) in [5, 5.41) is 3.76. The van der Waals surface area contributed by atoms with Crippen LogP contribution >= 0.6 is 0 Å². The standard InChI is InChI=1S/C28H26FNO4/c1-4-33-26-15-27-24(25(17-34-27)20-7-11-22(32-3)12-8-20)14-23(26)18(2)13-28(31)30-16-19-5-9-21(29)10-6-19/h5-15,17H,4,16H2,1-3H3,(H,30,31)/b18-13+. The molecule has 174 valence electrons. The third-order valence-electron chi connectivity index (χ3n) is 5.53. The summed E-state index contributed by atoms with van der Waals surface area (Å²) >= 11 is 0. The topological polar surface area (TPSA) is 60.7 Å². The molecule has 0 saturated carbocycles. The minimum Gasteiger partial charge on any atom is -0.497 e. The number of amides is 1. The SMILES string of the molecule is CCOc1cc2occ(-c3ccc(OC)cc3)c2cc1/C(C)=C/C(=O)NCc1ccc(F)cc1. The summed E-state index contributed by atoms with van der Waals surface area (Å²) in [6, 6.07) is 17.6. The van der Waals surface area contributed by atoms with E-state index in [9.17, 15) is 9.18 Å². The maximum atomic E-state index is 13.1.